The summed E-state index contributed by atoms with van der Waals surface area (Å²) in [4.78, 5) is 10.2. The van der Waals surface area contributed by atoms with E-state index >= 15 is 0 Å². The minimum Gasteiger partial charge on any atom is -0.303 e. The van der Waals surface area contributed by atoms with Crippen LogP contribution in [0.2, 0.25) is 0 Å². The molecule has 338 valence electrons. The number of aromatic nitrogens is 6. The Bertz CT molecular complexity index is 2950. The second-order valence-electron chi connectivity index (χ2n) is 17.5. The Labute approximate surface area is 402 Å². The van der Waals surface area contributed by atoms with Crippen LogP contribution in [0.15, 0.2) is 176 Å². The van der Waals surface area contributed by atoms with E-state index in [2.05, 4.69) is 244 Å². The highest BCUT2D eigenvalue weighted by Gasteiger charge is 2.17. The highest BCUT2D eigenvalue weighted by atomic mass is 35.5. The van der Waals surface area contributed by atoms with Crippen molar-refractivity contribution in [1.29, 1.82) is 0 Å². The molecule has 0 atom stereocenters. The van der Waals surface area contributed by atoms with E-state index in [1.165, 1.54) is 45.0 Å². The van der Waals surface area contributed by atoms with Crippen molar-refractivity contribution in [3.8, 4) is 23.3 Å². The van der Waals surface area contributed by atoms with Crippen molar-refractivity contribution in [2.45, 2.75) is 74.7 Å². The Morgan fingerprint density at radius 1 is 0.388 bits per heavy atom. The molecule has 0 saturated heterocycles. The van der Waals surface area contributed by atoms with E-state index in [1.54, 1.807) is 0 Å². The monoisotopic (exact) mass is 900 g/mol. The van der Waals surface area contributed by atoms with Crippen molar-refractivity contribution in [3.05, 3.63) is 249 Å². The largest absolute Gasteiger partial charge is 0.303 e. The third kappa shape index (κ3) is 10.5. The van der Waals surface area contributed by atoms with Gasteiger partial charge in [0, 0.05) is 51.4 Å². The molecule has 6 heterocycles. The number of allylic oxidation sites excluding steroid dienone is 2. The number of aryl methyl sites for hydroxylation is 9. The summed E-state index contributed by atoms with van der Waals surface area (Å²) in [6.07, 6.45) is 7.68. The van der Waals surface area contributed by atoms with Gasteiger partial charge in [0.25, 0.3) is 0 Å². The molecule has 67 heavy (non-hydrogen) atoms. The molecule has 0 aliphatic carbocycles. The summed E-state index contributed by atoms with van der Waals surface area (Å²) in [5.74, 6) is 4.16. The second-order valence-corrected chi connectivity index (χ2v) is 17.8. The molecule has 9 rings (SSSR count). The normalized spacial score (nSPS) is 11.8. The summed E-state index contributed by atoms with van der Waals surface area (Å²) in [7, 11) is 0. The average molecular weight is 902 g/mol. The lowest BCUT2D eigenvalue weighted by Gasteiger charge is -2.17. The molecule has 0 aliphatic rings. The number of rotatable bonds is 13. The van der Waals surface area contributed by atoms with Gasteiger partial charge in [0.2, 0.25) is 0 Å². The van der Waals surface area contributed by atoms with Crippen molar-refractivity contribution < 1.29 is 0 Å². The van der Waals surface area contributed by atoms with Crippen LogP contribution in [0.5, 0.6) is 0 Å². The van der Waals surface area contributed by atoms with E-state index in [-0.39, 0.29) is 0 Å². The highest BCUT2D eigenvalue weighted by Crippen LogP contribution is 2.31. The first-order chi connectivity index (χ1) is 32.5. The molecule has 3 aromatic carbocycles. The first kappa shape index (κ1) is 46.4. The van der Waals surface area contributed by atoms with Gasteiger partial charge in [-0.2, -0.15) is 0 Å². The molecule has 0 aliphatic heterocycles. The molecular formula is C60H61ClN6. The summed E-state index contributed by atoms with van der Waals surface area (Å²) in [6, 6.07) is 57.8. The number of benzene rings is 3. The fraction of sp³-hybridized carbons (Fsp3) is 0.200. The smallest absolute Gasteiger partial charge is 0.140 e. The molecule has 0 saturated carbocycles. The molecule has 7 heteroatoms. The van der Waals surface area contributed by atoms with Crippen LogP contribution >= 0.6 is 11.6 Å². The van der Waals surface area contributed by atoms with E-state index < -0.39 is 0 Å². The zero-order valence-electron chi connectivity index (χ0n) is 40.1. The lowest BCUT2D eigenvalue weighted by molar-refractivity contribution is 0.843. The van der Waals surface area contributed by atoms with E-state index in [1.807, 2.05) is 6.07 Å². The van der Waals surface area contributed by atoms with Gasteiger partial charge in [-0.15, -0.1) is 11.6 Å². The van der Waals surface area contributed by atoms with Crippen molar-refractivity contribution >= 4 is 22.7 Å². The first-order valence-electron chi connectivity index (χ1n) is 23.3. The molecule has 0 unspecified atom stereocenters. The van der Waals surface area contributed by atoms with E-state index in [4.69, 9.17) is 21.6 Å². The number of halogens is 1. The second kappa shape index (κ2) is 21.0. The Balaban J connectivity index is 0.000000186. The predicted octanol–water partition coefficient (Wildman–Crippen LogP) is 14.9. The summed E-state index contributed by atoms with van der Waals surface area (Å²) >= 11 is 6.17. The Hall–Kier alpha value is -7.15. The molecule has 0 bridgehead atoms. The Morgan fingerprint density at radius 3 is 1.00 bits per heavy atom. The number of nitrogens with zero attached hydrogens (tertiary/aromatic N) is 6. The molecule has 6 nitrogen and oxygen atoms in total. The molecule has 9 aromatic rings. The highest BCUT2D eigenvalue weighted by molar-refractivity contribution is 6.19. The molecule has 0 radical (unpaired) electrons. The van der Waals surface area contributed by atoms with Crippen LogP contribution in [-0.2, 0) is 6.42 Å². The lowest BCUT2D eigenvalue weighted by Crippen LogP contribution is -2.09. The maximum atomic E-state index is 6.17. The average Bonchev–Trinajstić information content (AvgIpc) is 4.08. The zero-order chi connectivity index (χ0) is 47.0. The summed E-state index contributed by atoms with van der Waals surface area (Å²) in [5.41, 5.74) is 17.8. The molecule has 6 aromatic heterocycles. The minimum absolute atomic E-state index is 0.445. The maximum absolute atomic E-state index is 6.17. The van der Waals surface area contributed by atoms with Crippen LogP contribution in [0.4, 0.5) is 0 Å². The number of unbranched alkanes of at least 4 members (excludes halogenated alkanes) is 1. The number of hydrogen-bond donors (Lipinski definition) is 0. The summed E-state index contributed by atoms with van der Waals surface area (Å²) < 4.78 is 8.90. The van der Waals surface area contributed by atoms with Gasteiger partial charge >= 0.3 is 0 Å². The van der Waals surface area contributed by atoms with Crippen molar-refractivity contribution in [3.63, 3.8) is 0 Å². The summed E-state index contributed by atoms with van der Waals surface area (Å²) in [5, 5.41) is 0. The van der Waals surface area contributed by atoms with Crippen LogP contribution in [0.1, 0.15) is 86.2 Å². The van der Waals surface area contributed by atoms with Crippen LogP contribution < -0.4 is 0 Å². The van der Waals surface area contributed by atoms with Crippen molar-refractivity contribution in [2.24, 2.45) is 0 Å². The van der Waals surface area contributed by atoms with E-state index in [0.717, 1.165) is 82.0 Å². The third-order valence-corrected chi connectivity index (χ3v) is 12.7. The van der Waals surface area contributed by atoms with Crippen LogP contribution in [0.25, 0.3) is 34.4 Å². The molecule has 0 amide bonds. The molecular weight excluding hydrogens is 840 g/mol. The van der Waals surface area contributed by atoms with E-state index in [9.17, 15) is 0 Å². The Morgan fingerprint density at radius 2 is 0.687 bits per heavy atom. The van der Waals surface area contributed by atoms with Gasteiger partial charge in [-0.25, -0.2) is 9.97 Å². The standard InChI is InChI=1S/C34H35N3.C26H26ClN3/c1-25-19-20-26(2)36(25)33-23-31(24-34(35-33)37-27(3)21-22-28(37)4)32(30-16-9-6-10-17-30)18-12-11-15-29-13-7-5-8-14-29;1-18-10-11-19(2)29(18)25-16-23(24(14-15-27)22-8-6-5-7-9-22)17-26(28-25)30-20(3)12-13-21(30)4/h5-10,13-14,16-24H,11-12,15H2,1-4H3;5-14,16-17H,15H2,1-4H3/b32-18-;24-14-. The number of pyridine rings is 2. The van der Waals surface area contributed by atoms with Crippen molar-refractivity contribution in [2.75, 3.05) is 5.88 Å². The van der Waals surface area contributed by atoms with Gasteiger partial charge < -0.3 is 18.3 Å². The fourth-order valence-electron chi connectivity index (χ4n) is 9.21. The number of hydrogen-bond acceptors (Lipinski definition) is 2. The van der Waals surface area contributed by atoms with Gasteiger partial charge in [-0.3, -0.25) is 0 Å². The van der Waals surface area contributed by atoms with Crippen molar-refractivity contribution in [1.82, 2.24) is 28.2 Å². The quantitative estimate of drug-likeness (QED) is 0.0855. The zero-order valence-corrected chi connectivity index (χ0v) is 40.9. The topological polar surface area (TPSA) is 45.5 Å². The predicted molar refractivity (Wildman–Crippen MR) is 281 cm³/mol. The van der Waals surface area contributed by atoms with Crippen LogP contribution in [-0.4, -0.2) is 34.1 Å². The van der Waals surface area contributed by atoms with Gasteiger partial charge in [0.15, 0.2) is 0 Å². The van der Waals surface area contributed by atoms with Crippen LogP contribution in [0, 0.1) is 55.4 Å². The SMILES string of the molecule is Cc1ccc(C)n1-c1cc(/C(=C\CCCc2ccccc2)c2ccccc2)cc(-n2c(C)ccc2C)n1.Cc1ccc(C)n1-c1cc(/C(=C\CCl)c2ccccc2)cc(-n2c(C)ccc2C)n1. The fourth-order valence-corrected chi connectivity index (χ4v) is 9.36. The van der Waals surface area contributed by atoms with Gasteiger partial charge in [0.05, 0.1) is 0 Å². The van der Waals surface area contributed by atoms with Gasteiger partial charge in [-0.1, -0.05) is 103 Å². The van der Waals surface area contributed by atoms with E-state index in [0.29, 0.717) is 5.88 Å². The number of alkyl halides is 1. The first-order valence-corrected chi connectivity index (χ1v) is 23.8. The van der Waals surface area contributed by atoms with Gasteiger partial charge in [0.1, 0.15) is 23.3 Å². The maximum Gasteiger partial charge on any atom is 0.140 e. The minimum atomic E-state index is 0.445. The lowest BCUT2D eigenvalue weighted by atomic mass is 9.96. The molecule has 0 fully saturated rings. The molecule has 0 spiro atoms. The van der Waals surface area contributed by atoms with Gasteiger partial charge in [-0.05, 0) is 186 Å². The third-order valence-electron chi connectivity index (χ3n) is 12.5. The summed E-state index contributed by atoms with van der Waals surface area (Å²) in [6.45, 7) is 17.0. The molecule has 0 N–H and O–H groups in total. The Kier molecular flexibility index (Phi) is 14.5. The van der Waals surface area contributed by atoms with Crippen LogP contribution in [0.3, 0.4) is 0 Å².